The molecule has 21 heavy (non-hydrogen) atoms. The Kier molecular flexibility index (Phi) is 5.99. The van der Waals surface area contributed by atoms with Gasteiger partial charge in [-0.05, 0) is 44.0 Å². The maximum atomic E-state index is 11.2. The molecular formula is C16H25N3O2. The molecule has 116 valence electrons. The third-order valence-electron chi connectivity index (χ3n) is 3.93. The van der Waals surface area contributed by atoms with E-state index < -0.39 is 0 Å². The zero-order valence-electron chi connectivity index (χ0n) is 12.8. The van der Waals surface area contributed by atoms with Crippen LogP contribution in [-0.4, -0.2) is 29.5 Å². The van der Waals surface area contributed by atoms with Crippen molar-refractivity contribution in [3.63, 3.8) is 0 Å². The average Bonchev–Trinajstić information content (AvgIpc) is 2.74. The quantitative estimate of drug-likeness (QED) is 0.640. The zero-order chi connectivity index (χ0) is 15.1. The van der Waals surface area contributed by atoms with Gasteiger partial charge in [0, 0.05) is 19.2 Å². The Hall–Kier alpha value is -1.62. The molecule has 1 aliphatic heterocycles. The predicted octanol–water partition coefficient (Wildman–Crippen LogP) is 3.79. The Morgan fingerprint density at radius 2 is 1.95 bits per heavy atom. The van der Waals surface area contributed by atoms with Gasteiger partial charge in [0.15, 0.2) is 0 Å². The van der Waals surface area contributed by atoms with E-state index in [1.807, 2.05) is 19.1 Å². The standard InChI is InChI=1S/C16H25N3O2/c1-2-9-17-15-8-7-14(12-16(15)19(20)21)13-18-10-5-3-4-6-11-18/h7-8,12,17H,2-6,9-11,13H2,1H3. The van der Waals surface area contributed by atoms with E-state index in [2.05, 4.69) is 10.2 Å². The number of likely N-dealkylation sites (tertiary alicyclic amines) is 1. The minimum Gasteiger partial charge on any atom is -0.380 e. The topological polar surface area (TPSA) is 58.4 Å². The number of nitro benzene ring substituents is 1. The summed E-state index contributed by atoms with van der Waals surface area (Å²) in [6, 6.07) is 5.58. The van der Waals surface area contributed by atoms with Gasteiger partial charge >= 0.3 is 0 Å². The number of anilines is 1. The smallest absolute Gasteiger partial charge is 0.292 e. The third-order valence-corrected chi connectivity index (χ3v) is 3.93. The summed E-state index contributed by atoms with van der Waals surface area (Å²) in [5.74, 6) is 0. The highest BCUT2D eigenvalue weighted by Gasteiger charge is 2.16. The predicted molar refractivity (Wildman–Crippen MR) is 85.6 cm³/mol. The van der Waals surface area contributed by atoms with Crippen molar-refractivity contribution in [1.82, 2.24) is 4.90 Å². The molecule has 0 unspecified atom stereocenters. The van der Waals surface area contributed by atoms with E-state index in [9.17, 15) is 10.1 Å². The first-order valence-corrected chi connectivity index (χ1v) is 7.94. The van der Waals surface area contributed by atoms with Crippen LogP contribution in [0.5, 0.6) is 0 Å². The molecule has 0 spiro atoms. The largest absolute Gasteiger partial charge is 0.380 e. The molecule has 1 aromatic carbocycles. The molecule has 5 heteroatoms. The van der Waals surface area contributed by atoms with Gasteiger partial charge in [0.25, 0.3) is 5.69 Å². The minimum atomic E-state index is -0.288. The molecule has 1 heterocycles. The van der Waals surface area contributed by atoms with E-state index in [-0.39, 0.29) is 10.6 Å². The minimum absolute atomic E-state index is 0.191. The average molecular weight is 291 g/mol. The zero-order valence-corrected chi connectivity index (χ0v) is 12.8. The molecular weight excluding hydrogens is 266 g/mol. The van der Waals surface area contributed by atoms with Crippen LogP contribution in [0.25, 0.3) is 0 Å². The van der Waals surface area contributed by atoms with E-state index in [4.69, 9.17) is 0 Å². The molecule has 0 saturated carbocycles. The molecule has 0 amide bonds. The lowest BCUT2D eigenvalue weighted by molar-refractivity contribution is -0.384. The van der Waals surface area contributed by atoms with Gasteiger partial charge in [-0.15, -0.1) is 0 Å². The monoisotopic (exact) mass is 291 g/mol. The van der Waals surface area contributed by atoms with Gasteiger partial charge in [-0.25, -0.2) is 0 Å². The lowest BCUT2D eigenvalue weighted by Crippen LogP contribution is -2.24. The highest BCUT2D eigenvalue weighted by Crippen LogP contribution is 2.26. The molecule has 5 nitrogen and oxygen atoms in total. The van der Waals surface area contributed by atoms with Crippen LogP contribution in [0.4, 0.5) is 11.4 Å². The van der Waals surface area contributed by atoms with Crippen molar-refractivity contribution in [3.05, 3.63) is 33.9 Å². The molecule has 1 fully saturated rings. The second-order valence-corrected chi connectivity index (χ2v) is 5.73. The number of nitro groups is 1. The first-order valence-electron chi connectivity index (χ1n) is 7.94. The Bertz CT molecular complexity index is 469. The third kappa shape index (κ3) is 4.70. The second-order valence-electron chi connectivity index (χ2n) is 5.73. The van der Waals surface area contributed by atoms with Crippen molar-refractivity contribution in [2.75, 3.05) is 25.0 Å². The van der Waals surface area contributed by atoms with Crippen LogP contribution < -0.4 is 5.32 Å². The number of rotatable bonds is 6. The number of hydrogen-bond acceptors (Lipinski definition) is 4. The van der Waals surface area contributed by atoms with E-state index in [0.29, 0.717) is 5.69 Å². The first kappa shape index (κ1) is 15.8. The van der Waals surface area contributed by atoms with Gasteiger partial charge < -0.3 is 5.32 Å². The van der Waals surface area contributed by atoms with Gasteiger partial charge in [0.1, 0.15) is 5.69 Å². The fourth-order valence-electron chi connectivity index (χ4n) is 2.79. The molecule has 2 rings (SSSR count). The van der Waals surface area contributed by atoms with E-state index in [1.165, 1.54) is 25.7 Å². The number of nitrogens with one attached hydrogen (secondary N) is 1. The van der Waals surface area contributed by atoms with Crippen molar-refractivity contribution >= 4 is 11.4 Å². The second kappa shape index (κ2) is 7.98. The van der Waals surface area contributed by atoms with Crippen LogP contribution >= 0.6 is 0 Å². The lowest BCUT2D eigenvalue weighted by Gasteiger charge is -2.20. The van der Waals surface area contributed by atoms with Crippen molar-refractivity contribution in [1.29, 1.82) is 0 Å². The summed E-state index contributed by atoms with van der Waals surface area (Å²) in [5.41, 5.74) is 1.85. The van der Waals surface area contributed by atoms with E-state index in [1.54, 1.807) is 6.07 Å². The van der Waals surface area contributed by atoms with Gasteiger partial charge in [-0.1, -0.05) is 25.8 Å². The lowest BCUT2D eigenvalue weighted by atomic mass is 10.1. The molecule has 0 bridgehead atoms. The summed E-state index contributed by atoms with van der Waals surface area (Å²) in [4.78, 5) is 13.4. The molecule has 0 aliphatic carbocycles. The molecule has 0 aromatic heterocycles. The number of hydrogen-bond donors (Lipinski definition) is 1. The summed E-state index contributed by atoms with van der Waals surface area (Å²) in [6.07, 6.45) is 6.02. The summed E-state index contributed by atoms with van der Waals surface area (Å²) < 4.78 is 0. The van der Waals surface area contributed by atoms with Crippen molar-refractivity contribution < 1.29 is 4.92 Å². The van der Waals surface area contributed by atoms with Crippen LogP contribution in [-0.2, 0) is 6.54 Å². The molecule has 1 aromatic rings. The van der Waals surface area contributed by atoms with Gasteiger partial charge in [-0.3, -0.25) is 15.0 Å². The van der Waals surface area contributed by atoms with Gasteiger partial charge in [0.2, 0.25) is 0 Å². The van der Waals surface area contributed by atoms with Crippen LogP contribution in [0.2, 0.25) is 0 Å². The highest BCUT2D eigenvalue weighted by molar-refractivity contribution is 5.62. The highest BCUT2D eigenvalue weighted by atomic mass is 16.6. The summed E-state index contributed by atoms with van der Waals surface area (Å²) in [6.45, 7) is 5.82. The fraction of sp³-hybridized carbons (Fsp3) is 0.625. The van der Waals surface area contributed by atoms with Crippen LogP contribution in [0.3, 0.4) is 0 Å². The van der Waals surface area contributed by atoms with Gasteiger partial charge in [0.05, 0.1) is 4.92 Å². The fourth-order valence-corrected chi connectivity index (χ4v) is 2.79. The molecule has 0 atom stereocenters. The first-order chi connectivity index (χ1) is 10.2. The summed E-state index contributed by atoms with van der Waals surface area (Å²) >= 11 is 0. The molecule has 1 N–H and O–H groups in total. The Morgan fingerprint density at radius 1 is 1.24 bits per heavy atom. The van der Waals surface area contributed by atoms with Crippen molar-refractivity contribution in [2.24, 2.45) is 0 Å². The van der Waals surface area contributed by atoms with Crippen molar-refractivity contribution in [2.45, 2.75) is 45.6 Å². The SMILES string of the molecule is CCCNc1ccc(CN2CCCCCC2)cc1[N+](=O)[O-]. The number of nitrogens with zero attached hydrogens (tertiary/aromatic N) is 2. The maximum absolute atomic E-state index is 11.2. The Morgan fingerprint density at radius 3 is 2.57 bits per heavy atom. The van der Waals surface area contributed by atoms with E-state index in [0.717, 1.165) is 38.2 Å². The Balaban J connectivity index is 2.09. The maximum Gasteiger partial charge on any atom is 0.292 e. The molecule has 1 saturated heterocycles. The normalized spacial score (nSPS) is 16.4. The van der Waals surface area contributed by atoms with Crippen LogP contribution in [0.1, 0.15) is 44.6 Å². The Labute approximate surface area is 126 Å². The van der Waals surface area contributed by atoms with Crippen molar-refractivity contribution in [3.8, 4) is 0 Å². The van der Waals surface area contributed by atoms with E-state index >= 15 is 0 Å². The summed E-state index contributed by atoms with van der Waals surface area (Å²) in [5, 5.41) is 14.4. The van der Waals surface area contributed by atoms with Crippen LogP contribution in [0.15, 0.2) is 18.2 Å². The van der Waals surface area contributed by atoms with Gasteiger partial charge in [-0.2, -0.15) is 0 Å². The number of benzene rings is 1. The summed E-state index contributed by atoms with van der Waals surface area (Å²) in [7, 11) is 0. The molecule has 0 radical (unpaired) electrons. The molecule has 1 aliphatic rings. The van der Waals surface area contributed by atoms with Crippen LogP contribution in [0, 0.1) is 10.1 Å².